The second-order valence-corrected chi connectivity index (χ2v) is 5.81. The van der Waals surface area contributed by atoms with Gasteiger partial charge < -0.3 is 4.74 Å². The summed E-state index contributed by atoms with van der Waals surface area (Å²) in [5, 5.41) is 2.99. The molecular weight excluding hydrogens is 324 g/mol. The summed E-state index contributed by atoms with van der Waals surface area (Å²) in [7, 11) is 0. The zero-order valence-corrected chi connectivity index (χ0v) is 12.1. The first-order valence-corrected chi connectivity index (χ1v) is 7.10. The van der Waals surface area contributed by atoms with Gasteiger partial charge in [0.05, 0.1) is 0 Å². The maximum Gasteiger partial charge on any atom is 0.136 e. The Kier molecular flexibility index (Phi) is 2.38. The topological polar surface area (TPSA) is 9.23 Å². The molecule has 0 N–H and O–H groups in total. The second-order valence-electron chi connectivity index (χ2n) is 4.52. The fourth-order valence-corrected chi connectivity index (χ4v) is 3.19. The highest BCUT2D eigenvalue weighted by atomic mass is 79.9. The van der Waals surface area contributed by atoms with Gasteiger partial charge in [0.15, 0.2) is 0 Å². The first-order chi connectivity index (χ1) is 9.24. The summed E-state index contributed by atoms with van der Waals surface area (Å²) in [6.07, 6.45) is 0. The Morgan fingerprint density at radius 3 is 2.63 bits per heavy atom. The molecule has 0 unspecified atom stereocenters. The average Bonchev–Trinajstić information content (AvgIpc) is 2.41. The smallest absolute Gasteiger partial charge is 0.136 e. The van der Waals surface area contributed by atoms with Crippen LogP contribution in [0, 0.1) is 0 Å². The number of hydrogen-bond acceptors (Lipinski definition) is 1. The maximum atomic E-state index is 6.04. The van der Waals surface area contributed by atoms with Crippen molar-refractivity contribution in [2.75, 3.05) is 0 Å². The van der Waals surface area contributed by atoms with Gasteiger partial charge in [0, 0.05) is 31.9 Å². The summed E-state index contributed by atoms with van der Waals surface area (Å²) in [4.78, 5) is 0. The van der Waals surface area contributed by atoms with Crippen LogP contribution in [0.3, 0.4) is 0 Å². The summed E-state index contributed by atoms with van der Waals surface area (Å²) in [6, 6.07) is 16.0. The second kappa shape index (κ2) is 3.99. The van der Waals surface area contributed by atoms with Crippen molar-refractivity contribution in [2.24, 2.45) is 0 Å². The Morgan fingerprint density at radius 2 is 1.74 bits per heavy atom. The Balaban J connectivity index is 2.17. The van der Waals surface area contributed by atoms with Crippen LogP contribution in [0.25, 0.3) is 21.9 Å². The molecule has 1 heterocycles. The van der Waals surface area contributed by atoms with E-state index in [1.54, 1.807) is 0 Å². The van der Waals surface area contributed by atoms with E-state index in [2.05, 4.69) is 34.1 Å². The van der Waals surface area contributed by atoms with E-state index in [4.69, 9.17) is 16.3 Å². The Labute approximate surface area is 123 Å². The third kappa shape index (κ3) is 1.60. The lowest BCUT2D eigenvalue weighted by Gasteiger charge is -2.21. The van der Waals surface area contributed by atoms with Crippen molar-refractivity contribution in [3.8, 4) is 22.6 Å². The number of hydrogen-bond donors (Lipinski definition) is 0. The van der Waals surface area contributed by atoms with Gasteiger partial charge in [-0.25, -0.2) is 0 Å². The van der Waals surface area contributed by atoms with Crippen LogP contribution in [0.5, 0.6) is 11.5 Å². The first kappa shape index (κ1) is 11.3. The molecule has 19 heavy (non-hydrogen) atoms. The highest BCUT2D eigenvalue weighted by Gasteiger charge is 2.20. The molecular formula is C16H8BrClO. The molecule has 4 rings (SSSR count). The van der Waals surface area contributed by atoms with E-state index in [9.17, 15) is 0 Å². The van der Waals surface area contributed by atoms with E-state index >= 15 is 0 Å². The minimum Gasteiger partial charge on any atom is -0.456 e. The third-order valence-corrected chi connectivity index (χ3v) is 4.33. The number of rotatable bonds is 0. The first-order valence-electron chi connectivity index (χ1n) is 5.93. The van der Waals surface area contributed by atoms with Crippen LogP contribution < -0.4 is 4.74 Å². The van der Waals surface area contributed by atoms with E-state index in [0.29, 0.717) is 5.02 Å². The minimum absolute atomic E-state index is 0.687. The fourth-order valence-electron chi connectivity index (χ4n) is 2.57. The van der Waals surface area contributed by atoms with Crippen molar-refractivity contribution in [3.05, 3.63) is 58.0 Å². The predicted octanol–water partition coefficient (Wildman–Crippen LogP) is 6.03. The predicted molar refractivity (Wildman–Crippen MR) is 82.2 cm³/mol. The lowest BCUT2D eigenvalue weighted by molar-refractivity contribution is 0.487. The van der Waals surface area contributed by atoms with E-state index < -0.39 is 0 Å². The quantitative estimate of drug-likeness (QED) is 0.382. The van der Waals surface area contributed by atoms with Gasteiger partial charge in [-0.2, -0.15) is 0 Å². The lowest BCUT2D eigenvalue weighted by Crippen LogP contribution is -1.97. The van der Waals surface area contributed by atoms with Crippen LogP contribution in [0.2, 0.25) is 5.02 Å². The molecule has 0 radical (unpaired) electrons. The SMILES string of the molecule is Clc1ccc2c(c1)Oc1cccc3c(Br)ccc-2c13. The van der Waals surface area contributed by atoms with E-state index in [1.807, 2.05) is 30.3 Å². The van der Waals surface area contributed by atoms with Gasteiger partial charge in [-0.1, -0.05) is 45.7 Å². The van der Waals surface area contributed by atoms with E-state index in [-0.39, 0.29) is 0 Å². The van der Waals surface area contributed by atoms with Gasteiger partial charge in [-0.15, -0.1) is 0 Å². The molecule has 0 amide bonds. The van der Waals surface area contributed by atoms with Crippen LogP contribution >= 0.6 is 27.5 Å². The lowest BCUT2D eigenvalue weighted by atomic mass is 9.95. The molecule has 0 bridgehead atoms. The molecule has 0 spiro atoms. The van der Waals surface area contributed by atoms with Crippen LogP contribution in [0.4, 0.5) is 0 Å². The van der Waals surface area contributed by atoms with Crippen LogP contribution in [-0.2, 0) is 0 Å². The number of ether oxygens (including phenoxy) is 1. The van der Waals surface area contributed by atoms with Gasteiger partial charge in [-0.05, 0) is 29.8 Å². The molecule has 1 nitrogen and oxygen atoms in total. The standard InChI is InChI=1S/C16H8BrClO/c17-13-7-6-11-10-5-4-9(18)8-15(10)19-14-3-1-2-12(13)16(11)14/h1-8H. The normalized spacial score (nSPS) is 12.1. The fraction of sp³-hybridized carbons (Fsp3) is 0. The van der Waals surface area contributed by atoms with Crippen molar-refractivity contribution in [2.45, 2.75) is 0 Å². The van der Waals surface area contributed by atoms with Crippen LogP contribution in [0.15, 0.2) is 53.0 Å². The number of benzene rings is 3. The summed E-state index contributed by atoms with van der Waals surface area (Å²) >= 11 is 9.64. The molecule has 1 aliphatic heterocycles. The van der Waals surface area contributed by atoms with E-state index in [1.165, 1.54) is 5.56 Å². The van der Waals surface area contributed by atoms with Crippen molar-refractivity contribution < 1.29 is 4.74 Å². The molecule has 0 fully saturated rings. The summed E-state index contributed by atoms with van der Waals surface area (Å²) in [5.74, 6) is 1.69. The maximum absolute atomic E-state index is 6.04. The van der Waals surface area contributed by atoms with Gasteiger partial charge in [-0.3, -0.25) is 0 Å². The largest absolute Gasteiger partial charge is 0.456 e. The van der Waals surface area contributed by atoms with Crippen molar-refractivity contribution in [3.63, 3.8) is 0 Å². The molecule has 0 saturated heterocycles. The van der Waals surface area contributed by atoms with Crippen LogP contribution in [0.1, 0.15) is 0 Å². The molecule has 92 valence electrons. The average molecular weight is 332 g/mol. The van der Waals surface area contributed by atoms with E-state index in [0.717, 1.165) is 32.3 Å². The van der Waals surface area contributed by atoms with Crippen molar-refractivity contribution in [1.82, 2.24) is 0 Å². The molecule has 0 aromatic heterocycles. The molecule has 3 aromatic carbocycles. The van der Waals surface area contributed by atoms with Gasteiger partial charge in [0.1, 0.15) is 11.5 Å². The summed E-state index contributed by atoms with van der Waals surface area (Å²) < 4.78 is 7.06. The molecule has 0 saturated carbocycles. The van der Waals surface area contributed by atoms with Crippen molar-refractivity contribution >= 4 is 38.3 Å². The summed E-state index contributed by atoms with van der Waals surface area (Å²) in [6.45, 7) is 0. The molecule has 1 aliphatic rings. The van der Waals surface area contributed by atoms with Gasteiger partial charge in [0.2, 0.25) is 0 Å². The highest BCUT2D eigenvalue weighted by Crippen LogP contribution is 2.48. The van der Waals surface area contributed by atoms with Crippen molar-refractivity contribution in [1.29, 1.82) is 0 Å². The van der Waals surface area contributed by atoms with Gasteiger partial charge >= 0.3 is 0 Å². The Hall–Kier alpha value is -1.51. The highest BCUT2D eigenvalue weighted by molar-refractivity contribution is 9.10. The Morgan fingerprint density at radius 1 is 0.895 bits per heavy atom. The monoisotopic (exact) mass is 330 g/mol. The van der Waals surface area contributed by atoms with Crippen LogP contribution in [-0.4, -0.2) is 0 Å². The number of halogens is 2. The number of fused-ring (bicyclic) bond motifs is 2. The third-order valence-electron chi connectivity index (χ3n) is 3.40. The van der Waals surface area contributed by atoms with Gasteiger partial charge in [0.25, 0.3) is 0 Å². The zero-order chi connectivity index (χ0) is 13.0. The molecule has 3 aromatic rings. The molecule has 3 heteroatoms. The minimum atomic E-state index is 0.687. The zero-order valence-electron chi connectivity index (χ0n) is 9.78. The summed E-state index contributed by atoms with van der Waals surface area (Å²) in [5.41, 5.74) is 2.27. The Bertz CT molecular complexity index is 826. The molecule has 0 atom stereocenters. The molecule has 0 aliphatic carbocycles.